The van der Waals surface area contributed by atoms with Crippen LogP contribution in [0.2, 0.25) is 0 Å². The van der Waals surface area contributed by atoms with Crippen LogP contribution in [0.3, 0.4) is 0 Å². The smallest absolute Gasteiger partial charge is 0.395 e. The highest BCUT2D eigenvalue weighted by molar-refractivity contribution is 5.94. The lowest BCUT2D eigenvalue weighted by molar-refractivity contribution is -0.402. The van der Waals surface area contributed by atoms with Gasteiger partial charge in [0.2, 0.25) is 5.91 Å². The highest BCUT2D eigenvalue weighted by atomic mass is 16.6. The van der Waals surface area contributed by atoms with E-state index in [4.69, 9.17) is 4.42 Å². The largest absolute Gasteiger partial charge is 0.433 e. The molecule has 0 atom stereocenters. The molecule has 0 radical (unpaired) electrons. The van der Waals surface area contributed by atoms with Crippen molar-refractivity contribution in [1.82, 2.24) is 9.80 Å². The zero-order valence-corrected chi connectivity index (χ0v) is 11.4. The third kappa shape index (κ3) is 2.48. The van der Waals surface area contributed by atoms with Crippen LogP contribution in [0.25, 0.3) is 0 Å². The Balaban J connectivity index is 1.56. The predicted molar refractivity (Wildman–Crippen MR) is 70.6 cm³/mol. The van der Waals surface area contributed by atoms with Crippen molar-refractivity contribution in [2.45, 2.75) is 12.8 Å². The fraction of sp³-hybridized carbons (Fsp3) is 0.538. The topological polar surface area (TPSA) is 96.9 Å². The summed E-state index contributed by atoms with van der Waals surface area (Å²) in [6, 6.07) is 2.44. The van der Waals surface area contributed by atoms with Gasteiger partial charge in [-0.2, -0.15) is 0 Å². The van der Waals surface area contributed by atoms with Crippen LogP contribution < -0.4 is 0 Å². The molecule has 0 bridgehead atoms. The molecule has 0 spiro atoms. The van der Waals surface area contributed by atoms with Crippen LogP contribution in [-0.4, -0.2) is 52.7 Å². The van der Waals surface area contributed by atoms with E-state index < -0.39 is 16.7 Å². The normalized spacial score (nSPS) is 18.7. The molecule has 0 N–H and O–H groups in total. The first-order valence-corrected chi connectivity index (χ1v) is 6.88. The van der Waals surface area contributed by atoms with Gasteiger partial charge in [0.05, 0.1) is 12.0 Å². The van der Waals surface area contributed by atoms with Crippen molar-refractivity contribution < 1.29 is 18.9 Å². The number of rotatable bonds is 3. The molecule has 1 aromatic heterocycles. The molecule has 0 aromatic carbocycles. The van der Waals surface area contributed by atoms with Crippen LogP contribution >= 0.6 is 0 Å². The maximum Gasteiger partial charge on any atom is 0.433 e. The maximum absolute atomic E-state index is 12.1. The minimum atomic E-state index is -0.688. The summed E-state index contributed by atoms with van der Waals surface area (Å²) >= 11 is 0. The minimum absolute atomic E-state index is 0.0613. The van der Waals surface area contributed by atoms with Gasteiger partial charge in [-0.3, -0.25) is 19.7 Å². The Labute approximate surface area is 120 Å². The highest BCUT2D eigenvalue weighted by Crippen LogP contribution is 2.24. The molecule has 112 valence electrons. The van der Waals surface area contributed by atoms with Gasteiger partial charge in [-0.15, -0.1) is 0 Å². The first kappa shape index (κ1) is 13.6. The number of nitrogens with zero attached hydrogens (tertiary/aromatic N) is 3. The molecule has 8 heteroatoms. The quantitative estimate of drug-likeness (QED) is 0.608. The van der Waals surface area contributed by atoms with Gasteiger partial charge in [0.25, 0.3) is 5.91 Å². The second kappa shape index (κ2) is 5.19. The Hall–Kier alpha value is -2.38. The van der Waals surface area contributed by atoms with Gasteiger partial charge in [-0.25, -0.2) is 0 Å². The second-order valence-corrected chi connectivity index (χ2v) is 5.33. The molecule has 21 heavy (non-hydrogen) atoms. The lowest BCUT2D eigenvalue weighted by Crippen LogP contribution is -2.56. The fourth-order valence-electron chi connectivity index (χ4n) is 2.69. The minimum Gasteiger partial charge on any atom is -0.395 e. The standard InChI is InChI=1S/C13H15N3O5/c17-12(14-5-1-2-6-14)9-7-15(8-9)13(18)10-3-4-11(21-10)16(19)20/h3-4,9H,1-2,5-8H2. The number of hydrogen-bond acceptors (Lipinski definition) is 5. The number of carbonyl (C=O) groups is 2. The number of carbonyl (C=O) groups excluding carboxylic acids is 2. The van der Waals surface area contributed by atoms with Crippen molar-refractivity contribution in [1.29, 1.82) is 0 Å². The lowest BCUT2D eigenvalue weighted by atomic mass is 9.98. The van der Waals surface area contributed by atoms with Crippen molar-refractivity contribution in [3.05, 3.63) is 28.0 Å². The number of furan rings is 1. The molecule has 3 rings (SSSR count). The molecular weight excluding hydrogens is 278 g/mol. The molecule has 0 saturated carbocycles. The molecular formula is C13H15N3O5. The van der Waals surface area contributed by atoms with E-state index in [0.717, 1.165) is 32.0 Å². The summed E-state index contributed by atoms with van der Waals surface area (Å²) in [5.41, 5.74) is 0. The van der Waals surface area contributed by atoms with Crippen LogP contribution in [0.15, 0.2) is 16.5 Å². The van der Waals surface area contributed by atoms with Crippen molar-refractivity contribution in [2.24, 2.45) is 5.92 Å². The zero-order chi connectivity index (χ0) is 15.0. The van der Waals surface area contributed by atoms with E-state index in [0.29, 0.717) is 13.1 Å². The zero-order valence-electron chi connectivity index (χ0n) is 11.4. The van der Waals surface area contributed by atoms with E-state index in [1.54, 1.807) is 0 Å². The molecule has 2 amide bonds. The van der Waals surface area contributed by atoms with Gasteiger partial charge in [-0.05, 0) is 18.9 Å². The average molecular weight is 293 g/mol. The van der Waals surface area contributed by atoms with Crippen LogP contribution in [0.5, 0.6) is 0 Å². The molecule has 1 aromatic rings. The Morgan fingerprint density at radius 2 is 1.86 bits per heavy atom. The van der Waals surface area contributed by atoms with Gasteiger partial charge in [0.1, 0.15) is 4.92 Å². The second-order valence-electron chi connectivity index (χ2n) is 5.33. The van der Waals surface area contributed by atoms with Crippen LogP contribution in [0.1, 0.15) is 23.4 Å². The van der Waals surface area contributed by atoms with Gasteiger partial charge < -0.3 is 14.2 Å². The number of likely N-dealkylation sites (tertiary alicyclic amines) is 2. The Morgan fingerprint density at radius 1 is 1.19 bits per heavy atom. The van der Waals surface area contributed by atoms with E-state index in [2.05, 4.69) is 0 Å². The average Bonchev–Trinajstić information content (AvgIpc) is 3.08. The summed E-state index contributed by atoms with van der Waals surface area (Å²) in [4.78, 5) is 37.3. The van der Waals surface area contributed by atoms with Crippen LogP contribution in [0, 0.1) is 16.0 Å². The fourth-order valence-corrected chi connectivity index (χ4v) is 2.69. The molecule has 3 heterocycles. The summed E-state index contributed by atoms with van der Waals surface area (Å²) < 4.78 is 4.87. The molecule has 2 aliphatic rings. The maximum atomic E-state index is 12.1. The molecule has 2 fully saturated rings. The number of hydrogen-bond donors (Lipinski definition) is 0. The summed E-state index contributed by atoms with van der Waals surface area (Å²) in [5.74, 6) is -0.982. The summed E-state index contributed by atoms with van der Waals surface area (Å²) in [6.07, 6.45) is 2.08. The van der Waals surface area contributed by atoms with E-state index in [1.165, 1.54) is 11.0 Å². The molecule has 2 aliphatic heterocycles. The van der Waals surface area contributed by atoms with Crippen LogP contribution in [-0.2, 0) is 4.79 Å². The SMILES string of the molecule is O=C(c1ccc([N+](=O)[O-])o1)N1CC(C(=O)N2CCCC2)C1. The van der Waals surface area contributed by atoms with E-state index in [1.807, 2.05) is 4.90 Å². The van der Waals surface area contributed by atoms with E-state index >= 15 is 0 Å². The summed E-state index contributed by atoms with van der Waals surface area (Å²) in [7, 11) is 0. The monoisotopic (exact) mass is 293 g/mol. The van der Waals surface area contributed by atoms with Crippen molar-refractivity contribution in [3.63, 3.8) is 0 Å². The predicted octanol–water partition coefficient (Wildman–Crippen LogP) is 0.882. The first-order chi connectivity index (χ1) is 10.1. The summed E-state index contributed by atoms with van der Waals surface area (Å²) in [6.45, 7) is 2.30. The van der Waals surface area contributed by atoms with Crippen molar-refractivity contribution >= 4 is 17.7 Å². The van der Waals surface area contributed by atoms with Gasteiger partial charge in [-0.1, -0.05) is 0 Å². The number of nitro groups is 1. The summed E-state index contributed by atoms with van der Waals surface area (Å²) in [5, 5.41) is 10.5. The van der Waals surface area contributed by atoms with Gasteiger partial charge in [0.15, 0.2) is 5.76 Å². The molecule has 0 unspecified atom stereocenters. The highest BCUT2D eigenvalue weighted by Gasteiger charge is 2.39. The molecule has 0 aliphatic carbocycles. The third-order valence-corrected chi connectivity index (χ3v) is 3.92. The lowest BCUT2D eigenvalue weighted by Gasteiger charge is -2.39. The van der Waals surface area contributed by atoms with Crippen molar-refractivity contribution in [3.8, 4) is 0 Å². The first-order valence-electron chi connectivity index (χ1n) is 6.88. The van der Waals surface area contributed by atoms with E-state index in [-0.39, 0.29) is 17.6 Å². The van der Waals surface area contributed by atoms with E-state index in [9.17, 15) is 19.7 Å². The Bertz CT molecular complexity index is 584. The van der Waals surface area contributed by atoms with Gasteiger partial charge in [0, 0.05) is 26.2 Å². The Morgan fingerprint density at radius 3 is 2.43 bits per heavy atom. The van der Waals surface area contributed by atoms with Crippen LogP contribution in [0.4, 0.5) is 5.88 Å². The number of amides is 2. The Kier molecular flexibility index (Phi) is 3.36. The molecule has 8 nitrogen and oxygen atoms in total. The van der Waals surface area contributed by atoms with Crippen molar-refractivity contribution in [2.75, 3.05) is 26.2 Å². The molecule has 2 saturated heterocycles. The van der Waals surface area contributed by atoms with Gasteiger partial charge >= 0.3 is 5.88 Å². The third-order valence-electron chi connectivity index (χ3n) is 3.92.